The highest BCUT2D eigenvalue weighted by atomic mass is 16.5. The van der Waals surface area contributed by atoms with E-state index in [1.165, 1.54) is 0 Å². The van der Waals surface area contributed by atoms with Gasteiger partial charge < -0.3 is 23.8 Å². The van der Waals surface area contributed by atoms with Crippen molar-refractivity contribution in [2.24, 2.45) is 0 Å². The molecule has 1 aromatic heterocycles. The van der Waals surface area contributed by atoms with Gasteiger partial charge in [0.15, 0.2) is 0 Å². The lowest BCUT2D eigenvalue weighted by Crippen LogP contribution is -2.44. The topological polar surface area (TPSA) is 76.9 Å². The van der Waals surface area contributed by atoms with E-state index in [9.17, 15) is 9.59 Å². The highest BCUT2D eigenvalue weighted by Crippen LogP contribution is 2.35. The molecule has 1 aliphatic heterocycles. The second-order valence-corrected chi connectivity index (χ2v) is 10.9. The summed E-state index contributed by atoms with van der Waals surface area (Å²) in [6.45, 7) is 9.72. The van der Waals surface area contributed by atoms with Crippen LogP contribution in [0.3, 0.4) is 0 Å². The smallest absolute Gasteiger partial charge is 0.247 e. The molecule has 1 fully saturated rings. The van der Waals surface area contributed by atoms with Crippen molar-refractivity contribution < 1.29 is 19.1 Å². The highest BCUT2D eigenvalue weighted by molar-refractivity contribution is 5.98. The molecule has 1 aliphatic rings. The van der Waals surface area contributed by atoms with E-state index in [1.54, 1.807) is 12.0 Å². The largest absolute Gasteiger partial charge is 0.494 e. The van der Waals surface area contributed by atoms with E-state index < -0.39 is 0 Å². The van der Waals surface area contributed by atoms with Crippen LogP contribution in [0.15, 0.2) is 66.7 Å². The molecule has 5 rings (SSSR count). The van der Waals surface area contributed by atoms with E-state index in [0.29, 0.717) is 26.2 Å². The van der Waals surface area contributed by atoms with Crippen LogP contribution in [0.1, 0.15) is 50.1 Å². The Morgan fingerprint density at radius 2 is 1.83 bits per heavy atom. The van der Waals surface area contributed by atoms with Crippen molar-refractivity contribution >= 4 is 34.2 Å². The van der Waals surface area contributed by atoms with Gasteiger partial charge in [0.2, 0.25) is 11.8 Å². The van der Waals surface area contributed by atoms with Gasteiger partial charge in [-0.1, -0.05) is 37.3 Å². The summed E-state index contributed by atoms with van der Waals surface area (Å²) in [5.41, 5.74) is 5.64. The highest BCUT2D eigenvalue weighted by Gasteiger charge is 2.36. The zero-order valence-corrected chi connectivity index (χ0v) is 25.2. The Balaban J connectivity index is 1.50. The molecule has 0 saturated carbocycles. The molecule has 3 aromatic carbocycles. The molecule has 8 heteroatoms. The number of para-hydroxylation sites is 3. The lowest BCUT2D eigenvalue weighted by molar-refractivity contribution is -0.120. The molecule has 0 N–H and O–H groups in total. The number of rotatable bonds is 11. The first-order chi connectivity index (χ1) is 20.4. The second-order valence-electron chi connectivity index (χ2n) is 10.9. The standard InChI is InChI=1S/C34H40N4O4/c1-6-25-12-10-11-23(3)33(25)38(24(4)22-41-5)32(40)21-37-30-14-9-8-13-29(30)35-34(37)26-19-31(39)36(20-26)27-15-17-28(18-16-27)42-7-2/h8-18,24,26H,6-7,19-22H2,1-5H3/t24-,26-/m0/s1. The average molecular weight is 569 g/mol. The Morgan fingerprint density at radius 3 is 2.55 bits per heavy atom. The summed E-state index contributed by atoms with van der Waals surface area (Å²) in [6, 6.07) is 21.5. The molecule has 4 aromatic rings. The first-order valence-corrected chi connectivity index (χ1v) is 14.7. The quantitative estimate of drug-likeness (QED) is 0.225. The Kier molecular flexibility index (Phi) is 8.92. The SMILES string of the molecule is CCOc1ccc(N2C[C@@H](c3nc4ccccc4n3CC(=O)N(c3c(C)cccc3CC)[C@@H](C)COC)CC2=O)cc1. The maximum absolute atomic E-state index is 14.3. The minimum Gasteiger partial charge on any atom is -0.494 e. The minimum absolute atomic E-state index is 0.0388. The van der Waals surface area contributed by atoms with Gasteiger partial charge in [0.25, 0.3) is 0 Å². The number of nitrogens with zero attached hydrogens (tertiary/aromatic N) is 4. The van der Waals surface area contributed by atoms with Gasteiger partial charge in [-0.15, -0.1) is 0 Å². The number of carbonyl (C=O) groups excluding carboxylic acids is 2. The lowest BCUT2D eigenvalue weighted by atomic mass is 10.0. The van der Waals surface area contributed by atoms with Crippen LogP contribution >= 0.6 is 0 Å². The first kappa shape index (κ1) is 29.3. The predicted molar refractivity (Wildman–Crippen MR) is 166 cm³/mol. The normalized spacial score (nSPS) is 15.8. The zero-order chi connectivity index (χ0) is 29.8. The number of carbonyl (C=O) groups is 2. The zero-order valence-electron chi connectivity index (χ0n) is 25.2. The fourth-order valence-electron chi connectivity index (χ4n) is 6.06. The van der Waals surface area contributed by atoms with Crippen LogP contribution in [-0.2, 0) is 27.3 Å². The van der Waals surface area contributed by atoms with Crippen LogP contribution in [0, 0.1) is 6.92 Å². The van der Waals surface area contributed by atoms with Gasteiger partial charge in [-0.3, -0.25) is 9.59 Å². The van der Waals surface area contributed by atoms with Crippen molar-refractivity contribution in [1.29, 1.82) is 0 Å². The van der Waals surface area contributed by atoms with Crippen molar-refractivity contribution in [3.8, 4) is 5.75 Å². The Labute approximate surface area is 247 Å². The fraction of sp³-hybridized carbons (Fsp3) is 0.382. The molecule has 2 atom stereocenters. The van der Waals surface area contributed by atoms with Gasteiger partial charge in [0.05, 0.1) is 36.0 Å². The van der Waals surface area contributed by atoms with Gasteiger partial charge in [0.1, 0.15) is 18.1 Å². The van der Waals surface area contributed by atoms with E-state index in [2.05, 4.69) is 13.0 Å². The summed E-state index contributed by atoms with van der Waals surface area (Å²) in [7, 11) is 1.66. The molecule has 0 aliphatic carbocycles. The number of ether oxygens (including phenoxy) is 2. The summed E-state index contributed by atoms with van der Waals surface area (Å²) >= 11 is 0. The molecule has 0 spiro atoms. The van der Waals surface area contributed by atoms with Crippen molar-refractivity contribution in [3.63, 3.8) is 0 Å². The number of benzene rings is 3. The Bertz CT molecular complexity index is 1560. The number of aromatic nitrogens is 2. The Morgan fingerprint density at radius 1 is 1.07 bits per heavy atom. The van der Waals surface area contributed by atoms with Gasteiger partial charge in [0, 0.05) is 31.7 Å². The molecule has 0 unspecified atom stereocenters. The summed E-state index contributed by atoms with van der Waals surface area (Å²) in [5, 5.41) is 0. The molecular weight excluding hydrogens is 528 g/mol. The van der Waals surface area contributed by atoms with Gasteiger partial charge in [-0.05, 0) is 74.7 Å². The molecule has 42 heavy (non-hydrogen) atoms. The molecule has 2 amide bonds. The number of imidazole rings is 1. The second kappa shape index (κ2) is 12.8. The molecule has 0 radical (unpaired) electrons. The minimum atomic E-state index is -0.171. The first-order valence-electron chi connectivity index (χ1n) is 14.7. The van der Waals surface area contributed by atoms with Gasteiger partial charge in [-0.2, -0.15) is 0 Å². The van der Waals surface area contributed by atoms with Crippen LogP contribution in [0.5, 0.6) is 5.75 Å². The number of hydrogen-bond donors (Lipinski definition) is 0. The molecule has 0 bridgehead atoms. The van der Waals surface area contributed by atoms with Crippen molar-refractivity contribution in [2.45, 2.75) is 59.0 Å². The number of methoxy groups -OCH3 is 1. The summed E-state index contributed by atoms with van der Waals surface area (Å²) in [5.74, 6) is 1.37. The maximum Gasteiger partial charge on any atom is 0.247 e. The average Bonchev–Trinajstić information content (AvgIpc) is 3.55. The third-order valence-electron chi connectivity index (χ3n) is 7.99. The van der Waals surface area contributed by atoms with Crippen LogP contribution < -0.4 is 14.5 Å². The van der Waals surface area contributed by atoms with E-state index >= 15 is 0 Å². The fourth-order valence-corrected chi connectivity index (χ4v) is 6.06. The molecular formula is C34H40N4O4. The number of hydrogen-bond acceptors (Lipinski definition) is 5. The third-order valence-corrected chi connectivity index (χ3v) is 7.99. The summed E-state index contributed by atoms with van der Waals surface area (Å²) < 4.78 is 13.1. The Hall–Kier alpha value is -4.17. The maximum atomic E-state index is 14.3. The van der Waals surface area contributed by atoms with Crippen LogP contribution in [-0.4, -0.2) is 54.3 Å². The lowest BCUT2D eigenvalue weighted by Gasteiger charge is -2.32. The molecule has 8 nitrogen and oxygen atoms in total. The van der Waals surface area contributed by atoms with E-state index in [4.69, 9.17) is 14.5 Å². The number of fused-ring (bicyclic) bond motifs is 1. The number of aryl methyl sites for hydroxylation is 2. The summed E-state index contributed by atoms with van der Waals surface area (Å²) in [6.07, 6.45) is 1.14. The van der Waals surface area contributed by atoms with Crippen LogP contribution in [0.25, 0.3) is 11.0 Å². The van der Waals surface area contributed by atoms with Crippen LogP contribution in [0.4, 0.5) is 11.4 Å². The van der Waals surface area contributed by atoms with Crippen LogP contribution in [0.2, 0.25) is 0 Å². The van der Waals surface area contributed by atoms with Gasteiger partial charge in [-0.25, -0.2) is 4.98 Å². The third kappa shape index (κ3) is 5.77. The predicted octanol–water partition coefficient (Wildman–Crippen LogP) is 5.89. The molecule has 220 valence electrons. The number of amides is 2. The van der Waals surface area contributed by atoms with Crippen molar-refractivity contribution in [2.75, 3.05) is 36.7 Å². The molecule has 1 saturated heterocycles. The van der Waals surface area contributed by atoms with Gasteiger partial charge >= 0.3 is 0 Å². The number of anilines is 2. The van der Waals surface area contributed by atoms with E-state index in [0.717, 1.165) is 51.5 Å². The van der Waals surface area contributed by atoms with Crippen molar-refractivity contribution in [1.82, 2.24) is 9.55 Å². The van der Waals surface area contributed by atoms with E-state index in [-0.39, 0.29) is 30.3 Å². The van der Waals surface area contributed by atoms with E-state index in [1.807, 2.05) is 90.9 Å². The molecule has 2 heterocycles. The monoisotopic (exact) mass is 568 g/mol. The van der Waals surface area contributed by atoms with Crippen molar-refractivity contribution in [3.05, 3.63) is 83.7 Å². The summed E-state index contributed by atoms with van der Waals surface area (Å²) in [4.78, 5) is 36.3.